The van der Waals surface area contributed by atoms with Crippen molar-refractivity contribution in [2.24, 2.45) is 0 Å². The van der Waals surface area contributed by atoms with Crippen LogP contribution < -0.4 is 10.8 Å². The summed E-state index contributed by atoms with van der Waals surface area (Å²) in [7, 11) is 5.80. The van der Waals surface area contributed by atoms with Gasteiger partial charge < -0.3 is 20.1 Å². The maximum Gasteiger partial charge on any atom is 0.322 e. The molecule has 2 aliphatic rings. The van der Waals surface area contributed by atoms with Gasteiger partial charge in [0.15, 0.2) is 11.5 Å². The number of aliphatic hydroxyl groups excluding tert-OH is 1. The van der Waals surface area contributed by atoms with Crippen LogP contribution in [0.2, 0.25) is 0 Å². The van der Waals surface area contributed by atoms with Gasteiger partial charge in [-0.2, -0.15) is 0 Å². The smallest absolute Gasteiger partial charge is 0.322 e. The van der Waals surface area contributed by atoms with Gasteiger partial charge in [0.2, 0.25) is 0 Å². The number of amides is 1. The maximum atomic E-state index is 13.6. The van der Waals surface area contributed by atoms with E-state index in [0.29, 0.717) is 24.0 Å². The Balaban J connectivity index is 1.89. The van der Waals surface area contributed by atoms with Gasteiger partial charge >= 0.3 is 5.97 Å². The number of nitrogens with one attached hydrogen (secondary N) is 1. The van der Waals surface area contributed by atoms with Crippen LogP contribution in [-0.2, 0) is 19.9 Å². The van der Waals surface area contributed by atoms with Gasteiger partial charge in [-0.1, -0.05) is 49.0 Å². The number of hydrogen-bond acceptors (Lipinski definition) is 4. The van der Waals surface area contributed by atoms with Crippen LogP contribution in [0.25, 0.3) is 17.0 Å². The molecule has 152 valence electrons. The number of hydrogen-bond donors (Lipinski definition) is 3. The Morgan fingerprint density at radius 3 is 2.30 bits per heavy atom. The first-order valence-electron chi connectivity index (χ1n) is 9.92. The average Bonchev–Trinajstić information content (AvgIpc) is 3.18. The van der Waals surface area contributed by atoms with Crippen molar-refractivity contribution in [3.63, 3.8) is 0 Å². The van der Waals surface area contributed by atoms with Crippen molar-refractivity contribution in [2.45, 2.75) is 37.6 Å². The summed E-state index contributed by atoms with van der Waals surface area (Å²) in [5.74, 6) is -3.00. The van der Waals surface area contributed by atoms with Crippen molar-refractivity contribution < 1.29 is 24.6 Å². The highest BCUT2D eigenvalue weighted by Gasteiger charge is 2.50. The molecule has 1 aromatic heterocycles. The molecular weight excluding hydrogens is 383 g/mol. The molecule has 0 atom stereocenters. The number of ketones is 1. The van der Waals surface area contributed by atoms with E-state index in [1.807, 2.05) is 22.8 Å². The lowest BCUT2D eigenvalue weighted by atomic mass is 9.73. The molecule has 0 bridgehead atoms. The standard InChI is InChI=1S/C22H21BN2O5/c23-14-6-4-13(5-7-14)15-8-9-16-19(28)18(21(30)24-12-17(26)27)20(29)22(25(15)16)10-2-1-3-11-22/h4-9,28H,1-3,10-12H2,(H,24,30)(H,26,27). The van der Waals surface area contributed by atoms with E-state index in [9.17, 15) is 19.5 Å². The van der Waals surface area contributed by atoms with E-state index in [1.54, 1.807) is 18.2 Å². The number of rotatable bonds is 4. The molecule has 1 aliphatic carbocycles. The Morgan fingerprint density at radius 2 is 1.67 bits per heavy atom. The Hall–Kier alpha value is -3.29. The first kappa shape index (κ1) is 20.0. The fourth-order valence-electron chi connectivity index (χ4n) is 4.57. The Labute approximate surface area is 174 Å². The highest BCUT2D eigenvalue weighted by molar-refractivity contribution is 6.32. The van der Waals surface area contributed by atoms with E-state index in [0.717, 1.165) is 30.5 Å². The summed E-state index contributed by atoms with van der Waals surface area (Å²) in [4.78, 5) is 37.1. The van der Waals surface area contributed by atoms with Crippen molar-refractivity contribution in [1.82, 2.24) is 9.88 Å². The van der Waals surface area contributed by atoms with Crippen LogP contribution in [0.4, 0.5) is 0 Å². The molecule has 1 aromatic carbocycles. The van der Waals surface area contributed by atoms with Gasteiger partial charge in [-0.05, 0) is 30.5 Å². The van der Waals surface area contributed by atoms with E-state index in [4.69, 9.17) is 13.0 Å². The SMILES string of the molecule is [B]c1ccc(-c2ccc3n2C2(CCCCC2)C(=O)C(C(=O)NCC(=O)O)=C3O)cc1. The monoisotopic (exact) mass is 404 g/mol. The molecule has 0 saturated heterocycles. The predicted octanol–water partition coefficient (Wildman–Crippen LogP) is 1.66. The lowest BCUT2D eigenvalue weighted by Gasteiger charge is -2.42. The van der Waals surface area contributed by atoms with Gasteiger partial charge in [-0.15, -0.1) is 0 Å². The summed E-state index contributed by atoms with van der Waals surface area (Å²) < 4.78 is 1.85. The zero-order valence-corrected chi connectivity index (χ0v) is 16.4. The molecule has 1 fully saturated rings. The topological polar surface area (TPSA) is 109 Å². The van der Waals surface area contributed by atoms with E-state index < -0.39 is 35.5 Å². The largest absolute Gasteiger partial charge is 0.505 e. The van der Waals surface area contributed by atoms with E-state index in [2.05, 4.69) is 5.32 Å². The summed E-state index contributed by atoms with van der Waals surface area (Å²) >= 11 is 0. The van der Waals surface area contributed by atoms with Crippen LogP contribution in [0.3, 0.4) is 0 Å². The molecule has 2 aromatic rings. The number of carbonyl (C=O) groups is 3. The zero-order chi connectivity index (χ0) is 21.5. The van der Waals surface area contributed by atoms with E-state index >= 15 is 0 Å². The third kappa shape index (κ3) is 3.12. The van der Waals surface area contributed by atoms with Gasteiger partial charge in [0.1, 0.15) is 25.5 Å². The van der Waals surface area contributed by atoms with Crippen molar-refractivity contribution in [3.8, 4) is 11.3 Å². The molecule has 1 saturated carbocycles. The fourth-order valence-corrected chi connectivity index (χ4v) is 4.57. The fraction of sp³-hybridized carbons (Fsp3) is 0.318. The number of aromatic nitrogens is 1. The first-order chi connectivity index (χ1) is 14.3. The number of carboxylic acids is 1. The van der Waals surface area contributed by atoms with Crippen LogP contribution >= 0.6 is 0 Å². The molecule has 2 radical (unpaired) electrons. The minimum absolute atomic E-state index is 0.368. The van der Waals surface area contributed by atoms with E-state index in [-0.39, 0.29) is 5.57 Å². The number of aliphatic hydroxyl groups is 1. The van der Waals surface area contributed by atoms with Crippen LogP contribution in [0, 0.1) is 0 Å². The molecule has 3 N–H and O–H groups in total. The summed E-state index contributed by atoms with van der Waals surface area (Å²) in [5.41, 5.74) is 1.25. The van der Waals surface area contributed by atoms with Gasteiger partial charge in [0.25, 0.3) is 5.91 Å². The lowest BCUT2D eigenvalue weighted by Crippen LogP contribution is -2.50. The third-order valence-electron chi connectivity index (χ3n) is 5.95. The van der Waals surface area contributed by atoms with Crippen LogP contribution in [0.15, 0.2) is 42.0 Å². The van der Waals surface area contributed by atoms with Gasteiger partial charge in [-0.25, -0.2) is 0 Å². The molecule has 1 aliphatic heterocycles. The molecule has 1 spiro atoms. The molecule has 1 amide bonds. The average molecular weight is 404 g/mol. The van der Waals surface area contributed by atoms with Gasteiger partial charge in [0, 0.05) is 5.69 Å². The van der Waals surface area contributed by atoms with Crippen molar-refractivity contribution >= 4 is 36.7 Å². The van der Waals surface area contributed by atoms with Gasteiger partial charge in [-0.3, -0.25) is 14.4 Å². The number of carboxylic acid groups (broad SMARTS) is 1. The van der Waals surface area contributed by atoms with Crippen molar-refractivity contribution in [1.29, 1.82) is 0 Å². The predicted molar refractivity (Wildman–Crippen MR) is 112 cm³/mol. The first-order valence-corrected chi connectivity index (χ1v) is 9.92. The van der Waals surface area contributed by atoms with Gasteiger partial charge in [0.05, 0.1) is 5.69 Å². The van der Waals surface area contributed by atoms with Crippen molar-refractivity contribution in [3.05, 3.63) is 47.7 Å². The summed E-state index contributed by atoms with van der Waals surface area (Å²) in [6.45, 7) is -0.631. The Morgan fingerprint density at radius 1 is 1.03 bits per heavy atom. The highest BCUT2D eigenvalue weighted by atomic mass is 16.4. The van der Waals surface area contributed by atoms with Crippen LogP contribution in [-0.4, -0.2) is 46.8 Å². The Bertz CT molecular complexity index is 1060. The maximum absolute atomic E-state index is 13.6. The van der Waals surface area contributed by atoms with E-state index in [1.165, 1.54) is 0 Å². The Kier molecular flexibility index (Phi) is 5.01. The minimum Gasteiger partial charge on any atom is -0.505 e. The second-order valence-corrected chi connectivity index (χ2v) is 7.78. The summed E-state index contributed by atoms with van der Waals surface area (Å²) in [6, 6.07) is 10.8. The molecule has 7 nitrogen and oxygen atoms in total. The summed E-state index contributed by atoms with van der Waals surface area (Å²) in [5, 5.41) is 21.9. The second kappa shape index (κ2) is 7.52. The molecule has 2 heterocycles. The van der Waals surface area contributed by atoms with Crippen LogP contribution in [0.1, 0.15) is 37.8 Å². The zero-order valence-electron chi connectivity index (χ0n) is 16.4. The normalized spacial score (nSPS) is 17.7. The van der Waals surface area contributed by atoms with Crippen molar-refractivity contribution in [2.75, 3.05) is 6.54 Å². The number of fused-ring (bicyclic) bond motifs is 2. The quantitative estimate of drug-likeness (QED) is 0.531. The lowest BCUT2D eigenvalue weighted by molar-refractivity contribution is -0.138. The number of Topliss-reactive ketones (excluding diaryl/α,β-unsaturated/α-hetero) is 1. The highest BCUT2D eigenvalue weighted by Crippen LogP contribution is 2.46. The number of carbonyl (C=O) groups excluding carboxylic acids is 2. The molecule has 0 unspecified atom stereocenters. The minimum atomic E-state index is -1.23. The van der Waals surface area contributed by atoms with Crippen LogP contribution in [0.5, 0.6) is 0 Å². The number of benzene rings is 1. The molecule has 4 rings (SSSR count). The third-order valence-corrected chi connectivity index (χ3v) is 5.95. The number of nitrogens with zero attached hydrogens (tertiary/aromatic N) is 1. The number of aliphatic carboxylic acids is 1. The second-order valence-electron chi connectivity index (χ2n) is 7.78. The molecular formula is C22H21BN2O5. The summed E-state index contributed by atoms with van der Waals surface area (Å²) in [6.07, 6.45) is 3.70. The molecule has 8 heteroatoms. The molecule has 30 heavy (non-hydrogen) atoms.